The number of nitrogens with one attached hydrogen (secondary N) is 1. The summed E-state index contributed by atoms with van der Waals surface area (Å²) in [5, 5.41) is 19.8. The van der Waals surface area contributed by atoms with Gasteiger partial charge in [-0.3, -0.25) is 0 Å². The minimum absolute atomic E-state index is 0.0649. The molecule has 0 saturated heterocycles. The Kier molecular flexibility index (Phi) is 3.80. The molecule has 0 unspecified atom stereocenters. The quantitative estimate of drug-likeness (QED) is 0.619. The Hall–Kier alpha value is -2.99. The van der Waals surface area contributed by atoms with Gasteiger partial charge in [-0.25, -0.2) is 0 Å². The standard InChI is InChI=1S/C17H13ClN6/c18-14-8-6-13(7-9-14)17(12-4-2-1-3-5-12)19-15-10-11-16-20-22-23-24(16)21-15/h1-11,17H,(H,19,21)/t17-/m0/s1. The topological polar surface area (TPSA) is 68.0 Å². The zero-order chi connectivity index (χ0) is 16.4. The molecule has 0 aliphatic rings. The lowest BCUT2D eigenvalue weighted by molar-refractivity contribution is 0.730. The summed E-state index contributed by atoms with van der Waals surface area (Å²) in [5.41, 5.74) is 2.81. The highest BCUT2D eigenvalue weighted by Crippen LogP contribution is 2.27. The van der Waals surface area contributed by atoms with Crippen LogP contribution >= 0.6 is 11.6 Å². The number of hydrogen-bond acceptors (Lipinski definition) is 5. The predicted octanol–water partition coefficient (Wildman–Crippen LogP) is 3.37. The molecule has 4 aromatic rings. The monoisotopic (exact) mass is 336 g/mol. The molecule has 0 aliphatic heterocycles. The van der Waals surface area contributed by atoms with Crippen molar-refractivity contribution in [2.45, 2.75) is 6.04 Å². The molecule has 0 bridgehead atoms. The van der Waals surface area contributed by atoms with Gasteiger partial charge in [0.2, 0.25) is 0 Å². The molecule has 0 spiro atoms. The van der Waals surface area contributed by atoms with Crippen molar-refractivity contribution in [1.82, 2.24) is 25.3 Å². The number of benzene rings is 2. The molecule has 0 aliphatic carbocycles. The van der Waals surface area contributed by atoms with Crippen LogP contribution in [0.5, 0.6) is 0 Å². The summed E-state index contributed by atoms with van der Waals surface area (Å²) in [6.45, 7) is 0. The van der Waals surface area contributed by atoms with Gasteiger partial charge in [0.15, 0.2) is 5.65 Å². The van der Waals surface area contributed by atoms with E-state index in [1.165, 1.54) is 4.63 Å². The van der Waals surface area contributed by atoms with Crippen molar-refractivity contribution in [3.05, 3.63) is 82.9 Å². The van der Waals surface area contributed by atoms with E-state index < -0.39 is 0 Å². The third-order valence-corrected chi connectivity index (χ3v) is 3.95. The molecule has 1 atom stereocenters. The SMILES string of the molecule is Clc1ccc([C@@H](Nc2ccc3nnnn3n2)c2ccccc2)cc1. The van der Waals surface area contributed by atoms with Gasteiger partial charge in [-0.15, -0.1) is 14.8 Å². The average Bonchev–Trinajstić information content (AvgIpc) is 3.09. The van der Waals surface area contributed by atoms with Gasteiger partial charge in [0, 0.05) is 5.02 Å². The van der Waals surface area contributed by atoms with Crippen molar-refractivity contribution in [1.29, 1.82) is 0 Å². The molecular formula is C17H13ClN6. The number of hydrogen-bond donors (Lipinski definition) is 1. The van der Waals surface area contributed by atoms with E-state index in [0.29, 0.717) is 16.5 Å². The van der Waals surface area contributed by atoms with E-state index in [1.54, 1.807) is 0 Å². The van der Waals surface area contributed by atoms with E-state index in [9.17, 15) is 0 Å². The van der Waals surface area contributed by atoms with E-state index in [1.807, 2.05) is 54.6 Å². The number of aromatic nitrogens is 5. The lowest BCUT2D eigenvalue weighted by atomic mass is 9.99. The third kappa shape index (κ3) is 2.91. The van der Waals surface area contributed by atoms with Gasteiger partial charge < -0.3 is 5.32 Å². The average molecular weight is 337 g/mol. The maximum atomic E-state index is 6.02. The van der Waals surface area contributed by atoms with Gasteiger partial charge in [0.1, 0.15) is 5.82 Å². The summed E-state index contributed by atoms with van der Waals surface area (Å²) in [7, 11) is 0. The van der Waals surface area contributed by atoms with Gasteiger partial charge in [-0.05, 0) is 45.8 Å². The molecule has 7 heteroatoms. The van der Waals surface area contributed by atoms with Gasteiger partial charge in [0.25, 0.3) is 0 Å². The fourth-order valence-electron chi connectivity index (χ4n) is 2.53. The Morgan fingerprint density at radius 2 is 1.62 bits per heavy atom. The van der Waals surface area contributed by atoms with E-state index in [4.69, 9.17) is 11.6 Å². The molecule has 2 heterocycles. The van der Waals surface area contributed by atoms with Crippen molar-refractivity contribution in [3.63, 3.8) is 0 Å². The van der Waals surface area contributed by atoms with Crippen LogP contribution in [0, 0.1) is 0 Å². The lowest BCUT2D eigenvalue weighted by Gasteiger charge is -2.20. The van der Waals surface area contributed by atoms with Crippen molar-refractivity contribution in [2.75, 3.05) is 5.32 Å². The molecule has 0 amide bonds. The summed E-state index contributed by atoms with van der Waals surface area (Å²) >= 11 is 6.02. The summed E-state index contributed by atoms with van der Waals surface area (Å²) in [5.74, 6) is 0.679. The van der Waals surface area contributed by atoms with Crippen LogP contribution in [0.4, 0.5) is 5.82 Å². The largest absolute Gasteiger partial charge is 0.358 e. The number of halogens is 1. The van der Waals surface area contributed by atoms with Crippen molar-refractivity contribution >= 4 is 23.1 Å². The third-order valence-electron chi connectivity index (χ3n) is 3.70. The second kappa shape index (κ2) is 6.25. The summed E-state index contributed by atoms with van der Waals surface area (Å²) in [4.78, 5) is 0. The van der Waals surface area contributed by atoms with Crippen molar-refractivity contribution in [2.24, 2.45) is 0 Å². The summed E-state index contributed by atoms with van der Waals surface area (Å²) < 4.78 is 1.40. The predicted molar refractivity (Wildman–Crippen MR) is 91.9 cm³/mol. The normalized spacial score (nSPS) is 12.2. The Morgan fingerprint density at radius 3 is 2.42 bits per heavy atom. The van der Waals surface area contributed by atoms with Crippen LogP contribution in [0.15, 0.2) is 66.7 Å². The molecule has 0 saturated carbocycles. The second-order valence-corrected chi connectivity index (χ2v) is 5.72. The minimum Gasteiger partial charge on any atom is -0.358 e. The molecule has 0 fully saturated rings. The summed E-state index contributed by atoms with van der Waals surface area (Å²) in [6.07, 6.45) is 0. The highest BCUT2D eigenvalue weighted by atomic mass is 35.5. The molecular weight excluding hydrogens is 324 g/mol. The van der Waals surface area contributed by atoms with Gasteiger partial charge in [0.05, 0.1) is 6.04 Å². The molecule has 2 aromatic heterocycles. The second-order valence-electron chi connectivity index (χ2n) is 5.28. The number of nitrogens with zero attached hydrogens (tertiary/aromatic N) is 5. The van der Waals surface area contributed by atoms with Gasteiger partial charge >= 0.3 is 0 Å². The molecule has 4 rings (SSSR count). The van der Waals surface area contributed by atoms with Crippen LogP contribution in [0.2, 0.25) is 5.02 Å². The first-order valence-electron chi connectivity index (χ1n) is 7.42. The zero-order valence-corrected chi connectivity index (χ0v) is 13.3. The van der Waals surface area contributed by atoms with Crippen LogP contribution in [-0.4, -0.2) is 25.3 Å². The van der Waals surface area contributed by atoms with Crippen LogP contribution in [0.1, 0.15) is 17.2 Å². The summed E-state index contributed by atoms with van der Waals surface area (Å²) in [6, 6.07) is 21.5. The number of rotatable bonds is 4. The molecule has 6 nitrogen and oxygen atoms in total. The van der Waals surface area contributed by atoms with Gasteiger partial charge in [-0.1, -0.05) is 54.1 Å². The number of anilines is 1. The Labute approximate surface area is 143 Å². The first-order chi connectivity index (χ1) is 11.8. The maximum Gasteiger partial charge on any atom is 0.200 e. The first-order valence-corrected chi connectivity index (χ1v) is 7.80. The minimum atomic E-state index is -0.0649. The molecule has 0 radical (unpaired) electrons. The molecule has 118 valence electrons. The molecule has 2 aromatic carbocycles. The fraction of sp³-hybridized carbons (Fsp3) is 0.0588. The van der Waals surface area contributed by atoms with Crippen LogP contribution in [0.25, 0.3) is 5.65 Å². The fourth-order valence-corrected chi connectivity index (χ4v) is 2.66. The molecule has 24 heavy (non-hydrogen) atoms. The highest BCUT2D eigenvalue weighted by molar-refractivity contribution is 6.30. The van der Waals surface area contributed by atoms with Crippen LogP contribution in [0.3, 0.4) is 0 Å². The Balaban J connectivity index is 1.73. The van der Waals surface area contributed by atoms with E-state index in [2.05, 4.69) is 38.1 Å². The number of fused-ring (bicyclic) bond motifs is 1. The van der Waals surface area contributed by atoms with Crippen molar-refractivity contribution in [3.8, 4) is 0 Å². The zero-order valence-electron chi connectivity index (χ0n) is 12.5. The van der Waals surface area contributed by atoms with Crippen molar-refractivity contribution < 1.29 is 0 Å². The Bertz CT molecular complexity index is 952. The lowest BCUT2D eigenvalue weighted by Crippen LogP contribution is -2.14. The highest BCUT2D eigenvalue weighted by Gasteiger charge is 2.15. The van der Waals surface area contributed by atoms with Crippen LogP contribution in [-0.2, 0) is 0 Å². The van der Waals surface area contributed by atoms with Gasteiger partial charge in [-0.2, -0.15) is 0 Å². The first kappa shape index (κ1) is 14.6. The Morgan fingerprint density at radius 1 is 0.875 bits per heavy atom. The smallest absolute Gasteiger partial charge is 0.200 e. The number of tetrazole rings is 1. The molecule has 1 N–H and O–H groups in total. The van der Waals surface area contributed by atoms with E-state index in [0.717, 1.165) is 11.1 Å². The van der Waals surface area contributed by atoms with E-state index >= 15 is 0 Å². The van der Waals surface area contributed by atoms with E-state index in [-0.39, 0.29) is 6.04 Å². The maximum absolute atomic E-state index is 6.02. The van der Waals surface area contributed by atoms with Crippen LogP contribution < -0.4 is 5.32 Å².